The zero-order valence-corrected chi connectivity index (χ0v) is 10.5. The summed E-state index contributed by atoms with van der Waals surface area (Å²) in [5, 5.41) is 0. The number of piperidine rings is 1. The molecule has 0 aromatic heterocycles. The molecule has 4 nitrogen and oxygen atoms in total. The van der Waals surface area contributed by atoms with Gasteiger partial charge >= 0.3 is 6.09 Å². The van der Waals surface area contributed by atoms with Crippen LogP contribution < -0.4 is 5.73 Å². The van der Waals surface area contributed by atoms with Crippen molar-refractivity contribution in [2.24, 2.45) is 5.73 Å². The Morgan fingerprint density at radius 2 is 1.80 bits per heavy atom. The molecule has 0 bridgehead atoms. The Balaban J connectivity index is 0.00000196. The molecule has 1 heterocycles. The van der Waals surface area contributed by atoms with E-state index >= 15 is 0 Å². The fourth-order valence-electron chi connectivity index (χ4n) is 1.81. The van der Waals surface area contributed by atoms with Crippen molar-refractivity contribution in [3.05, 3.63) is 0 Å². The Bertz CT molecular complexity index is 208. The summed E-state index contributed by atoms with van der Waals surface area (Å²) < 4.78 is 4.96. The topological polar surface area (TPSA) is 55.6 Å². The first-order valence-electron chi connectivity index (χ1n) is 5.11. The van der Waals surface area contributed by atoms with Gasteiger partial charge in [-0.3, -0.25) is 4.90 Å². The third-order valence-electron chi connectivity index (χ3n) is 2.67. The summed E-state index contributed by atoms with van der Waals surface area (Å²) in [6, 6.07) is 0. The molecule has 1 aliphatic heterocycles. The highest BCUT2D eigenvalue weighted by molar-refractivity contribution is 5.85. The van der Waals surface area contributed by atoms with Crippen molar-refractivity contribution in [3.63, 3.8) is 0 Å². The number of carbonyl (C=O) groups excluding carboxylic acids is 1. The molecule has 0 spiro atoms. The summed E-state index contributed by atoms with van der Waals surface area (Å²) >= 11 is 0. The minimum absolute atomic E-state index is 0. The minimum Gasteiger partial charge on any atom is -0.446 e. The lowest BCUT2D eigenvalue weighted by Gasteiger charge is -2.40. The first-order valence-corrected chi connectivity index (χ1v) is 5.11. The van der Waals surface area contributed by atoms with E-state index in [0.717, 1.165) is 25.9 Å². The van der Waals surface area contributed by atoms with E-state index in [0.29, 0.717) is 0 Å². The highest BCUT2D eigenvalue weighted by atomic mass is 35.5. The zero-order chi connectivity index (χ0) is 10.8. The van der Waals surface area contributed by atoms with Crippen molar-refractivity contribution >= 4 is 18.5 Å². The minimum atomic E-state index is -0.654. The second-order valence-corrected chi connectivity index (χ2v) is 4.79. The van der Waals surface area contributed by atoms with Crippen molar-refractivity contribution in [1.82, 2.24) is 4.90 Å². The molecule has 1 amide bonds. The fourth-order valence-corrected chi connectivity index (χ4v) is 1.81. The number of hydrogen-bond donors (Lipinski definition) is 1. The molecule has 1 saturated heterocycles. The van der Waals surface area contributed by atoms with Crippen molar-refractivity contribution in [2.75, 3.05) is 13.1 Å². The summed E-state index contributed by atoms with van der Waals surface area (Å²) in [5.41, 5.74) is 5.18. The summed E-state index contributed by atoms with van der Waals surface area (Å²) in [7, 11) is 0. The van der Waals surface area contributed by atoms with Crippen molar-refractivity contribution in [1.29, 1.82) is 0 Å². The van der Waals surface area contributed by atoms with E-state index in [1.54, 1.807) is 0 Å². The normalized spacial score (nSPS) is 19.4. The van der Waals surface area contributed by atoms with Crippen LogP contribution in [0.25, 0.3) is 0 Å². The van der Waals surface area contributed by atoms with E-state index in [9.17, 15) is 4.79 Å². The lowest BCUT2D eigenvalue weighted by Crippen LogP contribution is -2.48. The molecule has 90 valence electrons. The van der Waals surface area contributed by atoms with Crippen LogP contribution in [0.4, 0.5) is 4.79 Å². The first kappa shape index (κ1) is 14.5. The largest absolute Gasteiger partial charge is 0.446 e. The monoisotopic (exact) mass is 236 g/mol. The summed E-state index contributed by atoms with van der Waals surface area (Å²) in [5.74, 6) is 0. The van der Waals surface area contributed by atoms with E-state index < -0.39 is 6.09 Å². The summed E-state index contributed by atoms with van der Waals surface area (Å²) in [6.45, 7) is 8.54. The number of rotatable bonds is 1. The number of likely N-dealkylation sites (tertiary alicyclic amines) is 1. The van der Waals surface area contributed by atoms with E-state index in [1.807, 2.05) is 0 Å². The van der Waals surface area contributed by atoms with Gasteiger partial charge in [0.1, 0.15) is 6.10 Å². The number of halogens is 1. The van der Waals surface area contributed by atoms with Crippen LogP contribution in [0.2, 0.25) is 0 Å². The van der Waals surface area contributed by atoms with Crippen LogP contribution >= 0.6 is 12.4 Å². The first-order chi connectivity index (χ1) is 6.39. The van der Waals surface area contributed by atoms with Crippen molar-refractivity contribution < 1.29 is 9.53 Å². The van der Waals surface area contributed by atoms with Crippen molar-refractivity contribution in [3.8, 4) is 0 Å². The highest BCUT2D eigenvalue weighted by Crippen LogP contribution is 2.21. The Morgan fingerprint density at radius 3 is 2.13 bits per heavy atom. The van der Waals surface area contributed by atoms with Gasteiger partial charge in [-0.2, -0.15) is 0 Å². The molecule has 0 atom stereocenters. The second-order valence-electron chi connectivity index (χ2n) is 4.79. The van der Waals surface area contributed by atoms with Crippen LogP contribution in [0.3, 0.4) is 0 Å². The van der Waals surface area contributed by atoms with Gasteiger partial charge in [-0.1, -0.05) is 0 Å². The van der Waals surface area contributed by atoms with E-state index in [-0.39, 0.29) is 24.0 Å². The van der Waals surface area contributed by atoms with Gasteiger partial charge in [-0.25, -0.2) is 4.79 Å². The highest BCUT2D eigenvalue weighted by Gasteiger charge is 2.28. The number of primary amides is 1. The number of amides is 1. The zero-order valence-electron chi connectivity index (χ0n) is 9.66. The average molecular weight is 237 g/mol. The Morgan fingerprint density at radius 1 is 1.33 bits per heavy atom. The number of carbonyl (C=O) groups is 1. The van der Waals surface area contributed by atoms with Gasteiger partial charge in [0.15, 0.2) is 0 Å². The van der Waals surface area contributed by atoms with Crippen LogP contribution in [0, 0.1) is 0 Å². The van der Waals surface area contributed by atoms with Crippen LogP contribution in [0.1, 0.15) is 33.6 Å². The maximum Gasteiger partial charge on any atom is 0.404 e. The lowest BCUT2D eigenvalue weighted by molar-refractivity contribution is 0.0255. The Labute approximate surface area is 97.5 Å². The fraction of sp³-hybridized carbons (Fsp3) is 0.900. The quantitative estimate of drug-likeness (QED) is 0.755. The standard InChI is InChI=1S/C10H20N2O2.ClH/c1-10(2,3)12-6-4-8(5-7-12)14-9(11)13;/h8H,4-7H2,1-3H3,(H2,11,13);1H. The number of nitrogens with two attached hydrogens (primary N) is 1. The molecule has 0 aliphatic carbocycles. The van der Waals surface area contributed by atoms with E-state index in [1.165, 1.54) is 0 Å². The molecule has 5 heteroatoms. The molecule has 1 fully saturated rings. The van der Waals surface area contributed by atoms with Crippen LogP contribution in [-0.2, 0) is 4.74 Å². The van der Waals surface area contributed by atoms with Gasteiger partial charge in [-0.15, -0.1) is 12.4 Å². The number of ether oxygens (including phenoxy) is 1. The SMILES string of the molecule is CC(C)(C)N1CCC(OC(N)=O)CC1.Cl. The number of hydrogen-bond acceptors (Lipinski definition) is 3. The van der Waals surface area contributed by atoms with Crippen LogP contribution in [-0.4, -0.2) is 35.7 Å². The molecular weight excluding hydrogens is 216 g/mol. The molecule has 0 radical (unpaired) electrons. The molecule has 15 heavy (non-hydrogen) atoms. The summed E-state index contributed by atoms with van der Waals surface area (Å²) in [4.78, 5) is 12.9. The van der Waals surface area contributed by atoms with Gasteiger partial charge in [0.05, 0.1) is 0 Å². The molecule has 2 N–H and O–H groups in total. The molecular formula is C10H21ClN2O2. The van der Waals surface area contributed by atoms with Gasteiger partial charge < -0.3 is 10.5 Å². The van der Waals surface area contributed by atoms with Crippen LogP contribution in [0.5, 0.6) is 0 Å². The molecule has 0 aromatic rings. The Hall–Kier alpha value is -0.480. The maximum absolute atomic E-state index is 10.5. The van der Waals surface area contributed by atoms with E-state index in [2.05, 4.69) is 25.7 Å². The smallest absolute Gasteiger partial charge is 0.404 e. The predicted molar refractivity (Wildman–Crippen MR) is 62.3 cm³/mol. The van der Waals surface area contributed by atoms with E-state index in [4.69, 9.17) is 10.5 Å². The predicted octanol–water partition coefficient (Wildman–Crippen LogP) is 1.77. The molecule has 0 saturated carbocycles. The van der Waals surface area contributed by atoms with Crippen molar-refractivity contribution in [2.45, 2.75) is 45.3 Å². The van der Waals surface area contributed by atoms with Crippen LogP contribution in [0.15, 0.2) is 0 Å². The number of nitrogens with zero attached hydrogens (tertiary/aromatic N) is 1. The maximum atomic E-state index is 10.5. The third-order valence-corrected chi connectivity index (χ3v) is 2.67. The Kier molecular flexibility index (Phi) is 5.38. The molecule has 1 aliphatic rings. The molecule has 1 rings (SSSR count). The molecule has 0 aromatic carbocycles. The average Bonchev–Trinajstić information content (AvgIpc) is 2.02. The summed E-state index contributed by atoms with van der Waals surface area (Å²) in [6.07, 6.45) is 1.14. The van der Waals surface area contributed by atoms with Gasteiger partial charge in [0.2, 0.25) is 0 Å². The molecule has 0 unspecified atom stereocenters. The third kappa shape index (κ3) is 4.71. The lowest BCUT2D eigenvalue weighted by atomic mass is 9.99. The second kappa shape index (κ2) is 5.56. The van der Waals surface area contributed by atoms with Gasteiger partial charge in [0.25, 0.3) is 0 Å². The van der Waals surface area contributed by atoms with Gasteiger partial charge in [0, 0.05) is 18.6 Å². The van der Waals surface area contributed by atoms with Gasteiger partial charge in [-0.05, 0) is 33.6 Å².